The third kappa shape index (κ3) is 3.30. The topological polar surface area (TPSA) is 55.5 Å². The number of benzene rings is 1. The van der Waals surface area contributed by atoms with Crippen LogP contribution in [-0.4, -0.2) is 24.4 Å². The van der Waals surface area contributed by atoms with Gasteiger partial charge in [0.2, 0.25) is 0 Å². The van der Waals surface area contributed by atoms with Crippen LogP contribution in [0.5, 0.6) is 5.75 Å². The molecule has 2 unspecified atom stereocenters. The second-order valence-corrected chi connectivity index (χ2v) is 6.36. The molecule has 0 spiro atoms. The van der Waals surface area contributed by atoms with Crippen LogP contribution in [-0.2, 0) is 6.42 Å². The fourth-order valence-corrected chi connectivity index (χ4v) is 3.20. The van der Waals surface area contributed by atoms with Crippen LogP contribution in [0.1, 0.15) is 32.3 Å². The average Bonchev–Trinajstić information content (AvgIpc) is 2.78. The van der Waals surface area contributed by atoms with Gasteiger partial charge in [-0.2, -0.15) is 0 Å². The first-order valence-corrected chi connectivity index (χ1v) is 7.24. The highest BCUT2D eigenvalue weighted by Gasteiger charge is 2.35. The third-order valence-corrected chi connectivity index (χ3v) is 4.03. The number of aliphatic hydroxyl groups is 1. The van der Waals surface area contributed by atoms with Gasteiger partial charge in [0.05, 0.1) is 6.61 Å². The fraction of sp³-hybridized carbons (Fsp3) is 0.625. The van der Waals surface area contributed by atoms with Gasteiger partial charge in [0.1, 0.15) is 17.7 Å². The van der Waals surface area contributed by atoms with Crippen LogP contribution >= 0.6 is 0 Å². The number of ether oxygens (including phenoxy) is 1. The quantitative estimate of drug-likeness (QED) is 0.842. The Morgan fingerprint density at radius 3 is 2.85 bits per heavy atom. The van der Waals surface area contributed by atoms with Crippen LogP contribution in [0.25, 0.3) is 0 Å². The van der Waals surface area contributed by atoms with Crippen molar-refractivity contribution in [2.45, 2.75) is 39.2 Å². The Morgan fingerprint density at radius 1 is 1.50 bits per heavy atom. The standard InChI is InChI=1S/C16H24FNO2/c1-11(2)7-16(9-18,10-19)8-14-6-12-5-13(17)3-4-15(12)20-14/h3-5,11,14,19H,6-10,18H2,1-2H3. The molecule has 2 atom stereocenters. The lowest BCUT2D eigenvalue weighted by Crippen LogP contribution is -2.40. The van der Waals surface area contributed by atoms with Crippen LogP contribution in [0.2, 0.25) is 0 Å². The summed E-state index contributed by atoms with van der Waals surface area (Å²) in [6.07, 6.45) is 2.23. The molecule has 2 rings (SSSR count). The van der Waals surface area contributed by atoms with E-state index in [0.717, 1.165) is 17.7 Å². The van der Waals surface area contributed by atoms with Gasteiger partial charge < -0.3 is 15.6 Å². The van der Waals surface area contributed by atoms with Crippen molar-refractivity contribution in [3.8, 4) is 5.75 Å². The van der Waals surface area contributed by atoms with Crippen LogP contribution in [0.3, 0.4) is 0 Å². The molecule has 4 heteroatoms. The molecule has 1 aliphatic rings. The maximum absolute atomic E-state index is 13.2. The molecule has 0 amide bonds. The van der Waals surface area contributed by atoms with Crippen molar-refractivity contribution in [3.63, 3.8) is 0 Å². The summed E-state index contributed by atoms with van der Waals surface area (Å²) >= 11 is 0. The summed E-state index contributed by atoms with van der Waals surface area (Å²) in [6.45, 7) is 4.75. The summed E-state index contributed by atoms with van der Waals surface area (Å²) in [5, 5.41) is 9.75. The molecule has 1 aromatic rings. The molecular weight excluding hydrogens is 257 g/mol. The predicted molar refractivity (Wildman–Crippen MR) is 77.2 cm³/mol. The molecule has 0 saturated heterocycles. The van der Waals surface area contributed by atoms with Crippen molar-refractivity contribution < 1.29 is 14.2 Å². The van der Waals surface area contributed by atoms with E-state index in [1.54, 1.807) is 6.07 Å². The first-order chi connectivity index (χ1) is 9.48. The molecule has 3 nitrogen and oxygen atoms in total. The SMILES string of the molecule is CC(C)CC(CN)(CO)CC1Cc2cc(F)ccc2O1. The van der Waals surface area contributed by atoms with Gasteiger partial charge in [-0.15, -0.1) is 0 Å². The fourth-order valence-electron chi connectivity index (χ4n) is 3.20. The highest BCUT2D eigenvalue weighted by Crippen LogP contribution is 2.37. The lowest BCUT2D eigenvalue weighted by Gasteiger charge is -2.34. The lowest BCUT2D eigenvalue weighted by molar-refractivity contribution is 0.0573. The Bertz CT molecular complexity index is 458. The smallest absolute Gasteiger partial charge is 0.123 e. The van der Waals surface area contributed by atoms with E-state index >= 15 is 0 Å². The van der Waals surface area contributed by atoms with Crippen molar-refractivity contribution >= 4 is 0 Å². The number of nitrogens with two attached hydrogens (primary N) is 1. The zero-order chi connectivity index (χ0) is 14.8. The summed E-state index contributed by atoms with van der Waals surface area (Å²) in [7, 11) is 0. The van der Waals surface area contributed by atoms with E-state index in [4.69, 9.17) is 10.5 Å². The minimum absolute atomic E-state index is 0.0266. The molecule has 112 valence electrons. The molecule has 0 aliphatic carbocycles. The molecule has 3 N–H and O–H groups in total. The number of hydrogen-bond donors (Lipinski definition) is 2. The van der Waals surface area contributed by atoms with Gasteiger partial charge in [-0.3, -0.25) is 0 Å². The van der Waals surface area contributed by atoms with Crippen LogP contribution in [0.15, 0.2) is 18.2 Å². The number of fused-ring (bicyclic) bond motifs is 1. The molecule has 0 saturated carbocycles. The van der Waals surface area contributed by atoms with Crippen LogP contribution in [0.4, 0.5) is 4.39 Å². The van der Waals surface area contributed by atoms with E-state index in [1.807, 2.05) is 0 Å². The van der Waals surface area contributed by atoms with Crippen LogP contribution in [0, 0.1) is 17.2 Å². The predicted octanol–water partition coefficient (Wildman–Crippen LogP) is 2.50. The van der Waals surface area contributed by atoms with E-state index in [2.05, 4.69) is 13.8 Å². The van der Waals surface area contributed by atoms with Gasteiger partial charge >= 0.3 is 0 Å². The normalized spacial score (nSPS) is 20.6. The largest absolute Gasteiger partial charge is 0.490 e. The molecule has 0 fully saturated rings. The minimum Gasteiger partial charge on any atom is -0.490 e. The Balaban J connectivity index is 2.07. The van der Waals surface area contributed by atoms with Crippen molar-refractivity contribution in [2.24, 2.45) is 17.1 Å². The maximum Gasteiger partial charge on any atom is 0.123 e. The molecule has 0 aromatic heterocycles. The Kier molecular flexibility index (Phi) is 4.66. The molecule has 0 bridgehead atoms. The monoisotopic (exact) mass is 281 g/mol. The summed E-state index contributed by atoms with van der Waals surface area (Å²) < 4.78 is 19.1. The Hall–Kier alpha value is -1.13. The van der Waals surface area contributed by atoms with Gasteiger partial charge in [-0.1, -0.05) is 13.8 Å². The Morgan fingerprint density at radius 2 is 2.25 bits per heavy atom. The highest BCUT2D eigenvalue weighted by atomic mass is 19.1. The third-order valence-electron chi connectivity index (χ3n) is 4.03. The highest BCUT2D eigenvalue weighted by molar-refractivity contribution is 5.37. The van der Waals surface area contributed by atoms with Crippen molar-refractivity contribution in [2.75, 3.05) is 13.2 Å². The first-order valence-electron chi connectivity index (χ1n) is 7.24. The average molecular weight is 281 g/mol. The number of rotatable bonds is 6. The lowest BCUT2D eigenvalue weighted by atomic mass is 9.76. The van der Waals surface area contributed by atoms with Gasteiger partial charge in [-0.05, 0) is 37.0 Å². The van der Waals surface area contributed by atoms with E-state index in [9.17, 15) is 9.50 Å². The summed E-state index contributed by atoms with van der Waals surface area (Å²) in [6, 6.07) is 4.62. The molecule has 1 aliphatic heterocycles. The second-order valence-electron chi connectivity index (χ2n) is 6.36. The van der Waals surface area contributed by atoms with E-state index < -0.39 is 0 Å². The van der Waals surface area contributed by atoms with Crippen molar-refractivity contribution in [3.05, 3.63) is 29.6 Å². The minimum atomic E-state index is -0.306. The molecule has 1 heterocycles. The van der Waals surface area contributed by atoms with Crippen molar-refractivity contribution in [1.82, 2.24) is 0 Å². The summed E-state index contributed by atoms with van der Waals surface area (Å²) in [4.78, 5) is 0. The molecular formula is C16H24FNO2. The summed E-state index contributed by atoms with van der Waals surface area (Å²) in [5.74, 6) is 0.985. The number of halogens is 1. The van der Waals surface area contributed by atoms with Crippen molar-refractivity contribution in [1.29, 1.82) is 0 Å². The summed E-state index contributed by atoms with van der Waals surface area (Å²) in [5.41, 5.74) is 6.50. The second kappa shape index (κ2) is 6.10. The van der Waals surface area contributed by atoms with Crippen LogP contribution < -0.4 is 10.5 Å². The molecule has 20 heavy (non-hydrogen) atoms. The van der Waals surface area contributed by atoms with E-state index in [1.165, 1.54) is 12.1 Å². The maximum atomic E-state index is 13.2. The van der Waals surface area contributed by atoms with E-state index in [0.29, 0.717) is 25.3 Å². The first kappa shape index (κ1) is 15.3. The molecule has 1 aromatic carbocycles. The van der Waals surface area contributed by atoms with Gasteiger partial charge in [0.15, 0.2) is 0 Å². The number of hydrogen-bond acceptors (Lipinski definition) is 3. The molecule has 0 radical (unpaired) electrons. The zero-order valence-electron chi connectivity index (χ0n) is 12.2. The van der Waals surface area contributed by atoms with E-state index in [-0.39, 0.29) is 23.9 Å². The van der Waals surface area contributed by atoms with Gasteiger partial charge in [0, 0.05) is 23.9 Å². The number of aliphatic hydroxyl groups excluding tert-OH is 1. The zero-order valence-corrected chi connectivity index (χ0v) is 12.2. The van der Waals surface area contributed by atoms with Gasteiger partial charge in [-0.25, -0.2) is 4.39 Å². The Labute approximate surface area is 119 Å². The van der Waals surface area contributed by atoms with Gasteiger partial charge in [0.25, 0.3) is 0 Å².